The fraction of sp³-hybridized carbons (Fsp3) is 0.824. The van der Waals surface area contributed by atoms with Gasteiger partial charge in [-0.1, -0.05) is 25.6 Å². The van der Waals surface area contributed by atoms with Crippen molar-refractivity contribution in [1.82, 2.24) is 25.4 Å². The molecule has 0 aromatic carbocycles. The fourth-order valence-corrected chi connectivity index (χ4v) is 2.77. The minimum absolute atomic E-state index is 0. The monoisotopic (exact) mass is 498 g/mol. The lowest BCUT2D eigenvalue weighted by atomic mass is 10.1. The number of halogens is 1. The Morgan fingerprint density at radius 1 is 1.31 bits per heavy atom. The van der Waals surface area contributed by atoms with Gasteiger partial charge in [0.05, 0.1) is 5.60 Å². The van der Waals surface area contributed by atoms with Crippen LogP contribution in [0.3, 0.4) is 0 Å². The second kappa shape index (κ2) is 12.8. The predicted molar refractivity (Wildman–Crippen MR) is 121 cm³/mol. The predicted octanol–water partition coefficient (Wildman–Crippen LogP) is 2.80. The van der Waals surface area contributed by atoms with Gasteiger partial charge in [0, 0.05) is 40.2 Å². The van der Waals surface area contributed by atoms with Crippen molar-refractivity contribution in [2.75, 3.05) is 33.5 Å². The third-order valence-corrected chi connectivity index (χ3v) is 4.52. The molecule has 1 aromatic rings. The smallest absolute Gasteiger partial charge is 0.191 e. The van der Waals surface area contributed by atoms with E-state index in [0.717, 1.165) is 42.9 Å². The Bertz CT molecular complexity index is 547. The van der Waals surface area contributed by atoms with Crippen LogP contribution in [-0.4, -0.2) is 59.8 Å². The largest absolute Gasteiger partial charge is 0.377 e. The van der Waals surface area contributed by atoms with Crippen LogP contribution in [0.4, 0.5) is 0 Å². The third-order valence-electron chi connectivity index (χ3n) is 3.85. The molecule has 0 fully saturated rings. The average Bonchev–Trinajstić information content (AvgIpc) is 2.95. The van der Waals surface area contributed by atoms with Crippen molar-refractivity contribution in [3.63, 3.8) is 0 Å². The number of guanidine groups is 1. The number of hydrogen-bond donors (Lipinski definition) is 2. The molecule has 1 heterocycles. The molecule has 0 saturated heterocycles. The highest BCUT2D eigenvalue weighted by Crippen LogP contribution is 2.16. The van der Waals surface area contributed by atoms with Crippen molar-refractivity contribution in [3.8, 4) is 0 Å². The highest BCUT2D eigenvalue weighted by Gasteiger charge is 2.16. The number of nitrogens with zero attached hydrogens (tertiary/aromatic N) is 4. The quantitative estimate of drug-likeness (QED) is 0.170. The van der Waals surface area contributed by atoms with Crippen LogP contribution in [0.25, 0.3) is 0 Å². The molecule has 0 atom stereocenters. The Hall–Kier alpha value is -0.550. The number of aromatic nitrogens is 3. The van der Waals surface area contributed by atoms with Gasteiger partial charge in [-0.25, -0.2) is 0 Å². The normalized spacial score (nSPS) is 12.2. The molecule has 0 saturated carbocycles. The molecule has 0 bridgehead atoms. The van der Waals surface area contributed by atoms with Crippen molar-refractivity contribution in [3.05, 3.63) is 5.82 Å². The van der Waals surface area contributed by atoms with Gasteiger partial charge < -0.3 is 19.9 Å². The first kappa shape index (κ1) is 25.4. The van der Waals surface area contributed by atoms with E-state index in [9.17, 15) is 0 Å². The van der Waals surface area contributed by atoms with Gasteiger partial charge in [0.25, 0.3) is 0 Å². The van der Waals surface area contributed by atoms with Gasteiger partial charge in [0.15, 0.2) is 11.1 Å². The maximum atomic E-state index is 5.41. The van der Waals surface area contributed by atoms with Crippen LogP contribution < -0.4 is 10.6 Å². The van der Waals surface area contributed by atoms with E-state index in [-0.39, 0.29) is 29.6 Å². The molecule has 1 rings (SSSR count). The summed E-state index contributed by atoms with van der Waals surface area (Å²) in [4.78, 5) is 4.25. The summed E-state index contributed by atoms with van der Waals surface area (Å²) in [6.07, 6.45) is 3.91. The lowest BCUT2D eigenvalue weighted by Crippen LogP contribution is -2.45. The summed E-state index contributed by atoms with van der Waals surface area (Å²) in [6.45, 7) is 11.0. The minimum atomic E-state index is -0.223. The first-order chi connectivity index (χ1) is 11.8. The van der Waals surface area contributed by atoms with Crippen molar-refractivity contribution in [2.24, 2.45) is 10.9 Å². The van der Waals surface area contributed by atoms with E-state index in [2.05, 4.69) is 44.2 Å². The molecule has 0 spiro atoms. The van der Waals surface area contributed by atoms with Gasteiger partial charge in [0.1, 0.15) is 5.82 Å². The van der Waals surface area contributed by atoms with Gasteiger partial charge in [-0.2, -0.15) is 0 Å². The van der Waals surface area contributed by atoms with Crippen LogP contribution in [0.1, 0.15) is 39.9 Å². The lowest BCUT2D eigenvalue weighted by Gasteiger charge is -2.24. The summed E-state index contributed by atoms with van der Waals surface area (Å²) in [5, 5.41) is 16.3. The van der Waals surface area contributed by atoms with Crippen LogP contribution in [0.15, 0.2) is 10.1 Å². The third kappa shape index (κ3) is 8.90. The zero-order chi connectivity index (χ0) is 18.9. The van der Waals surface area contributed by atoms with Crippen LogP contribution in [-0.2, 0) is 17.7 Å². The molecule has 0 unspecified atom stereocenters. The van der Waals surface area contributed by atoms with Crippen LogP contribution in [0.2, 0.25) is 0 Å². The number of thioether (sulfide) groups is 1. The van der Waals surface area contributed by atoms with E-state index in [4.69, 9.17) is 4.74 Å². The molecular weight excluding hydrogens is 463 g/mol. The zero-order valence-electron chi connectivity index (χ0n) is 17.1. The number of aliphatic imine (C=N–C) groups is 1. The summed E-state index contributed by atoms with van der Waals surface area (Å²) in [5.74, 6) is 2.42. The summed E-state index contributed by atoms with van der Waals surface area (Å²) in [7, 11) is 3.49. The van der Waals surface area contributed by atoms with E-state index in [1.54, 1.807) is 25.9 Å². The van der Waals surface area contributed by atoms with Crippen molar-refractivity contribution in [1.29, 1.82) is 0 Å². The highest BCUT2D eigenvalue weighted by molar-refractivity contribution is 14.0. The standard InChI is InChI=1S/C17H34N6OS.HI/c1-13(2)11-23-14(21-22-16(23)25-7)9-8-10-19-15(18-5)20-12-17(3,4)24-6;/h13H,8-12H2,1-7H3,(H2,18,19,20);1H. The first-order valence-corrected chi connectivity index (χ1v) is 10.0. The van der Waals surface area contributed by atoms with Crippen LogP contribution in [0.5, 0.6) is 0 Å². The molecule has 152 valence electrons. The number of methoxy groups -OCH3 is 1. The number of hydrogen-bond acceptors (Lipinski definition) is 5. The second-order valence-electron chi connectivity index (χ2n) is 7.03. The minimum Gasteiger partial charge on any atom is -0.377 e. The van der Waals surface area contributed by atoms with Gasteiger partial charge in [-0.05, 0) is 32.4 Å². The number of nitrogens with one attached hydrogen (secondary N) is 2. The summed E-state index contributed by atoms with van der Waals surface area (Å²) >= 11 is 1.65. The molecule has 0 aliphatic carbocycles. The number of aryl methyl sites for hydroxylation is 1. The molecule has 0 radical (unpaired) electrons. The van der Waals surface area contributed by atoms with E-state index in [0.29, 0.717) is 12.5 Å². The Kier molecular flexibility index (Phi) is 12.5. The maximum absolute atomic E-state index is 5.41. The van der Waals surface area contributed by atoms with Crippen LogP contribution in [0, 0.1) is 5.92 Å². The average molecular weight is 498 g/mol. The zero-order valence-corrected chi connectivity index (χ0v) is 20.3. The Labute approximate surface area is 179 Å². The number of ether oxygens (including phenoxy) is 1. The molecule has 9 heteroatoms. The summed E-state index contributed by atoms with van der Waals surface area (Å²) in [6, 6.07) is 0. The van der Waals surface area contributed by atoms with Gasteiger partial charge >= 0.3 is 0 Å². The molecule has 0 aliphatic heterocycles. The summed E-state index contributed by atoms with van der Waals surface area (Å²) in [5.41, 5.74) is -0.223. The van der Waals surface area contributed by atoms with Crippen molar-refractivity contribution >= 4 is 41.7 Å². The van der Waals surface area contributed by atoms with Gasteiger partial charge in [-0.3, -0.25) is 4.99 Å². The topological polar surface area (TPSA) is 76.4 Å². The van der Waals surface area contributed by atoms with Crippen molar-refractivity contribution in [2.45, 2.75) is 57.8 Å². The lowest BCUT2D eigenvalue weighted by molar-refractivity contribution is 0.0268. The van der Waals surface area contributed by atoms with Gasteiger partial charge in [0.2, 0.25) is 0 Å². The summed E-state index contributed by atoms with van der Waals surface area (Å²) < 4.78 is 7.65. The molecule has 1 aromatic heterocycles. The molecule has 0 amide bonds. The van der Waals surface area contributed by atoms with Crippen LogP contribution >= 0.6 is 35.7 Å². The first-order valence-electron chi connectivity index (χ1n) is 8.78. The Morgan fingerprint density at radius 3 is 2.54 bits per heavy atom. The number of rotatable bonds is 10. The van der Waals surface area contributed by atoms with E-state index in [1.165, 1.54) is 0 Å². The molecule has 26 heavy (non-hydrogen) atoms. The van der Waals surface area contributed by atoms with Crippen molar-refractivity contribution < 1.29 is 4.74 Å². The fourth-order valence-electron chi connectivity index (χ4n) is 2.25. The van der Waals surface area contributed by atoms with E-state index in [1.807, 2.05) is 20.1 Å². The maximum Gasteiger partial charge on any atom is 0.191 e. The second-order valence-corrected chi connectivity index (χ2v) is 7.80. The molecular formula is C17H35IN6OS. The van der Waals surface area contributed by atoms with E-state index < -0.39 is 0 Å². The van der Waals surface area contributed by atoms with E-state index >= 15 is 0 Å². The highest BCUT2D eigenvalue weighted by atomic mass is 127. The molecule has 2 N–H and O–H groups in total. The molecule has 7 nitrogen and oxygen atoms in total. The van der Waals surface area contributed by atoms with Gasteiger partial charge in [-0.15, -0.1) is 34.2 Å². The Morgan fingerprint density at radius 2 is 2.00 bits per heavy atom. The molecule has 0 aliphatic rings. The SMILES string of the molecule is CN=C(NCCCc1nnc(SC)n1CC(C)C)NCC(C)(C)OC.I. The Balaban J connectivity index is 0.00000625.